The Morgan fingerprint density at radius 3 is 1.21 bits per heavy atom. The molecule has 0 nitrogen and oxygen atoms in total. The number of allylic oxidation sites excluding steroid dienone is 2. The zero-order chi connectivity index (χ0) is 41.7. The van der Waals surface area contributed by atoms with Crippen LogP contribution >= 0.6 is 0 Å². The summed E-state index contributed by atoms with van der Waals surface area (Å²) < 4.78 is 6.96. The van der Waals surface area contributed by atoms with E-state index in [4.69, 9.17) is 0 Å². The van der Waals surface area contributed by atoms with Gasteiger partial charge in [0, 0.05) is 0 Å². The molecule has 0 aromatic heterocycles. The third kappa shape index (κ3) is 7.60. The van der Waals surface area contributed by atoms with E-state index in [1.165, 1.54) is 76.2 Å². The molecule has 2 atom stereocenters. The van der Waals surface area contributed by atoms with Gasteiger partial charge >= 0.3 is 357 Å². The summed E-state index contributed by atoms with van der Waals surface area (Å²) in [6.45, 7) is 33.6. The number of hydrogen-bond donors (Lipinski definition) is 0. The van der Waals surface area contributed by atoms with Crippen LogP contribution in [0.25, 0.3) is 34.4 Å². The fraction of sp³-hybridized carbons (Fsp3) is 0.491. The molecule has 302 valence electrons. The third-order valence-electron chi connectivity index (χ3n) is 14.4. The summed E-state index contributed by atoms with van der Waals surface area (Å²) in [5.74, 6) is 0. The van der Waals surface area contributed by atoms with Gasteiger partial charge in [0.25, 0.3) is 0 Å². The molecule has 1 saturated heterocycles. The molecule has 4 aromatic rings. The van der Waals surface area contributed by atoms with Crippen LogP contribution < -0.4 is 0 Å². The molecule has 0 spiro atoms. The molecule has 1 fully saturated rings. The summed E-state index contributed by atoms with van der Waals surface area (Å²) in [5.41, 5.74) is 18.2. The van der Waals surface area contributed by atoms with Gasteiger partial charge in [-0.15, -0.1) is 0 Å². The molecule has 2 heteroatoms. The summed E-state index contributed by atoms with van der Waals surface area (Å²) in [5, 5.41) is 3.77. The first kappa shape index (κ1) is 42.6. The molecule has 3 aliphatic rings. The summed E-state index contributed by atoms with van der Waals surface area (Å²) in [6.07, 6.45) is 11.0. The Labute approximate surface area is 354 Å². The van der Waals surface area contributed by atoms with Crippen molar-refractivity contribution in [1.29, 1.82) is 0 Å². The van der Waals surface area contributed by atoms with E-state index in [0.717, 1.165) is 0 Å². The molecule has 4 aromatic carbocycles. The Hall–Kier alpha value is -2.55. The van der Waals surface area contributed by atoms with Crippen LogP contribution in [-0.4, -0.2) is 8.07 Å². The number of rotatable bonds is 7. The molecule has 0 amide bonds. The molecule has 0 saturated carbocycles. The predicted molar refractivity (Wildman–Crippen MR) is 252 cm³/mol. The summed E-state index contributed by atoms with van der Waals surface area (Å²) in [6, 6.07) is 31.3. The molecular formula is C55H74HfSi. The zero-order valence-corrected chi connectivity index (χ0v) is 43.4. The van der Waals surface area contributed by atoms with Gasteiger partial charge < -0.3 is 0 Å². The van der Waals surface area contributed by atoms with Gasteiger partial charge in [-0.05, 0) is 0 Å². The Bertz CT molecular complexity index is 2050. The van der Waals surface area contributed by atoms with E-state index in [-0.39, 0.29) is 21.7 Å². The average Bonchev–Trinajstić information content (AvgIpc) is 3.73. The van der Waals surface area contributed by atoms with Gasteiger partial charge in [-0.1, -0.05) is 0 Å². The van der Waals surface area contributed by atoms with Crippen LogP contribution in [0.3, 0.4) is 0 Å². The first-order chi connectivity index (χ1) is 26.4. The van der Waals surface area contributed by atoms with Crippen molar-refractivity contribution in [2.75, 3.05) is 0 Å². The number of benzene rings is 4. The van der Waals surface area contributed by atoms with Crippen molar-refractivity contribution in [3.63, 3.8) is 0 Å². The van der Waals surface area contributed by atoms with E-state index in [1.54, 1.807) is 22.3 Å². The number of hydrogen-bond acceptors (Lipinski definition) is 0. The second kappa shape index (κ2) is 14.6. The molecule has 2 unspecified atom stereocenters. The van der Waals surface area contributed by atoms with Gasteiger partial charge in [0.2, 0.25) is 0 Å². The topological polar surface area (TPSA) is 0 Å². The summed E-state index contributed by atoms with van der Waals surface area (Å²) in [4.78, 5) is 0. The summed E-state index contributed by atoms with van der Waals surface area (Å²) in [7, 11) is -2.06. The fourth-order valence-corrected chi connectivity index (χ4v) is 43.2. The maximum absolute atomic E-state index is 3.23. The minimum absolute atomic E-state index is 0.0853. The van der Waals surface area contributed by atoms with Gasteiger partial charge in [0.1, 0.15) is 0 Å². The van der Waals surface area contributed by atoms with E-state index in [2.05, 4.69) is 191 Å². The Morgan fingerprint density at radius 1 is 0.509 bits per heavy atom. The molecule has 0 N–H and O–H groups in total. The van der Waals surface area contributed by atoms with E-state index in [9.17, 15) is 0 Å². The van der Waals surface area contributed by atoms with Crippen molar-refractivity contribution in [1.82, 2.24) is 0 Å². The first-order valence-electron chi connectivity index (χ1n) is 22.4. The second-order valence-corrected chi connectivity index (χ2v) is 44.8. The van der Waals surface area contributed by atoms with Crippen LogP contribution in [0.4, 0.5) is 0 Å². The summed E-state index contributed by atoms with van der Waals surface area (Å²) >= 11 is -3.23. The fourth-order valence-electron chi connectivity index (χ4n) is 10.7. The van der Waals surface area contributed by atoms with Crippen LogP contribution in [-0.2, 0) is 41.6 Å². The standard InChI is InChI=1S/C53H68Si.2CH3.Hf/c1-15-16-17-18-25-54(14,44-30-36-21-19-23-46(48(36)34-44)38-26-40(50(2,3)4)32-41(27-38)51(5,6)7)45-31-37-22-20-24-47(49(37)35-45)39-28-42(52(8,9)10)33-43(29-39)53(11,12)13;;;/h19-24,26-35H,15-18,25H2,1-14H3;2*1H3;. The Morgan fingerprint density at radius 2 is 0.877 bits per heavy atom. The first-order valence-corrected chi connectivity index (χ1v) is 36.4. The molecule has 1 heterocycles. The predicted octanol–water partition coefficient (Wildman–Crippen LogP) is 16.8. The van der Waals surface area contributed by atoms with Crippen LogP contribution in [0.15, 0.2) is 83.2 Å². The quantitative estimate of drug-likeness (QED) is 0.128. The number of fused-ring (bicyclic) bond motifs is 6. The normalized spacial score (nSPS) is 21.4. The molecule has 0 bridgehead atoms. The van der Waals surface area contributed by atoms with Crippen molar-refractivity contribution in [3.8, 4) is 22.3 Å². The maximum atomic E-state index is 2.84. The van der Waals surface area contributed by atoms with Crippen molar-refractivity contribution < 1.29 is 20.0 Å². The monoisotopic (exact) mass is 943 g/mol. The van der Waals surface area contributed by atoms with Gasteiger partial charge in [-0.3, -0.25) is 0 Å². The van der Waals surface area contributed by atoms with Crippen LogP contribution in [0.2, 0.25) is 22.0 Å². The number of unbranched alkanes of at least 4 members (excludes halogenated alkanes) is 3. The van der Waals surface area contributed by atoms with E-state index in [0.29, 0.717) is 7.35 Å². The molecular weight excluding hydrogens is 867 g/mol. The Kier molecular flexibility index (Phi) is 10.9. The molecule has 1 aliphatic heterocycles. The van der Waals surface area contributed by atoms with Crippen molar-refractivity contribution in [2.45, 2.75) is 167 Å². The molecule has 7 rings (SSSR count). The van der Waals surface area contributed by atoms with E-state index < -0.39 is 28.0 Å². The van der Waals surface area contributed by atoms with Gasteiger partial charge in [-0.25, -0.2) is 0 Å². The molecule has 0 radical (unpaired) electrons. The van der Waals surface area contributed by atoms with Gasteiger partial charge in [0.05, 0.1) is 0 Å². The Balaban J connectivity index is 1.45. The second-order valence-electron chi connectivity index (χ2n) is 23.2. The van der Waals surface area contributed by atoms with E-state index >= 15 is 0 Å². The van der Waals surface area contributed by atoms with Gasteiger partial charge in [0.15, 0.2) is 0 Å². The van der Waals surface area contributed by atoms with Gasteiger partial charge in [-0.2, -0.15) is 0 Å². The van der Waals surface area contributed by atoms with Crippen LogP contribution in [0.5, 0.6) is 0 Å². The van der Waals surface area contributed by atoms with E-state index in [1.807, 2.05) is 10.4 Å². The minimum atomic E-state index is -3.23. The van der Waals surface area contributed by atoms with Crippen molar-refractivity contribution in [2.24, 2.45) is 0 Å². The van der Waals surface area contributed by atoms with Crippen molar-refractivity contribution in [3.05, 3.63) is 128 Å². The average molecular weight is 942 g/mol. The third-order valence-corrected chi connectivity index (χ3v) is 36.4. The van der Waals surface area contributed by atoms with Crippen LogP contribution in [0, 0.1) is 0 Å². The zero-order valence-electron chi connectivity index (χ0n) is 38.8. The van der Waals surface area contributed by atoms with Crippen LogP contribution in [0.1, 0.15) is 168 Å². The molecule has 2 aliphatic carbocycles. The SMILES string of the molecule is CCCCCC[Si]1(C)C2=Cc3c(-c4cc(C(C)(C)C)cc(C(C)(C)C)c4)cccc3[CH]2[Hf]([CH3])([CH3])[CH]2C1=Cc1c(-c3cc(C(C)(C)C)cc(C(C)(C)C)c3)cccc12. The molecule has 57 heavy (non-hydrogen) atoms. The van der Waals surface area contributed by atoms with Crippen molar-refractivity contribution >= 4 is 20.2 Å².